The lowest BCUT2D eigenvalue weighted by Crippen LogP contribution is -1.98. The normalized spacial score (nSPS) is 68.4. The molecule has 0 bridgehead atoms. The summed E-state index contributed by atoms with van der Waals surface area (Å²) in [7, 11) is 0. The highest BCUT2D eigenvalue weighted by Gasteiger charge is 2.68. The summed E-state index contributed by atoms with van der Waals surface area (Å²) in [6, 6.07) is 0. The molecule has 7 fully saturated rings. The lowest BCUT2D eigenvalue weighted by Gasteiger charge is -2.01. The smallest absolute Gasteiger partial charge is 0.0462 e. The van der Waals surface area contributed by atoms with Crippen LogP contribution >= 0.6 is 0 Å². The van der Waals surface area contributed by atoms with Gasteiger partial charge in [-0.2, -0.15) is 0 Å². The second-order valence-corrected chi connectivity index (χ2v) is 11.5. The highest BCUT2D eigenvalue weighted by molar-refractivity contribution is 5.17. The van der Waals surface area contributed by atoms with Crippen LogP contribution in [0.5, 0.6) is 0 Å². The van der Waals surface area contributed by atoms with E-state index >= 15 is 0 Å². The number of rotatable bonds is 8. The van der Waals surface area contributed by atoms with E-state index in [0.717, 1.165) is 71.0 Å². The lowest BCUT2D eigenvalue weighted by atomic mass is 10.0. The second-order valence-electron chi connectivity index (χ2n) is 11.5. The molecule has 7 rings (SSSR count). The minimum absolute atomic E-state index is 0.456. The van der Waals surface area contributed by atoms with Crippen LogP contribution in [0.3, 0.4) is 0 Å². The number of hydrogen-bond acceptors (Lipinski definition) is 2. The maximum absolute atomic E-state index is 9.29. The molecular weight excluding hydrogens is 308 g/mol. The Morgan fingerprint density at radius 3 is 0.800 bits per heavy atom. The van der Waals surface area contributed by atoms with E-state index in [9.17, 15) is 10.2 Å². The summed E-state index contributed by atoms with van der Waals surface area (Å²) in [4.78, 5) is 0. The molecule has 7 aliphatic carbocycles. The predicted molar refractivity (Wildman–Crippen MR) is 95.4 cm³/mol. The zero-order chi connectivity index (χ0) is 16.4. The third kappa shape index (κ3) is 2.35. The fourth-order valence-electron chi connectivity index (χ4n) is 8.11. The first-order chi connectivity index (χ1) is 12.3. The first-order valence-electron chi connectivity index (χ1n) is 11.5. The van der Waals surface area contributed by atoms with E-state index in [0.29, 0.717) is 25.0 Å². The van der Waals surface area contributed by atoms with Gasteiger partial charge in [-0.05, 0) is 128 Å². The van der Waals surface area contributed by atoms with Gasteiger partial charge in [-0.3, -0.25) is 0 Å². The summed E-state index contributed by atoms with van der Waals surface area (Å²) >= 11 is 0. The van der Waals surface area contributed by atoms with Crippen molar-refractivity contribution in [3.8, 4) is 0 Å². The van der Waals surface area contributed by atoms with Crippen molar-refractivity contribution >= 4 is 0 Å². The van der Waals surface area contributed by atoms with E-state index in [1.807, 2.05) is 0 Å². The Labute approximate surface area is 151 Å². The molecule has 0 aromatic carbocycles. The van der Waals surface area contributed by atoms with Crippen molar-refractivity contribution in [1.82, 2.24) is 0 Å². The van der Waals surface area contributed by atoms with Gasteiger partial charge in [0.25, 0.3) is 0 Å². The summed E-state index contributed by atoms with van der Waals surface area (Å²) in [5.41, 5.74) is 0. The molecule has 0 unspecified atom stereocenters. The molecule has 0 aromatic rings. The van der Waals surface area contributed by atoms with E-state index in [1.54, 1.807) is 19.3 Å². The summed E-state index contributed by atoms with van der Waals surface area (Å²) in [6.45, 7) is 0.912. The molecule has 7 saturated carbocycles. The SMILES string of the molecule is OC[C@@H]1C[C@H]1[C@@H]1C[C@@H]1[C@H]1C[C@@H]1[C@H]1C[C@@H]1[C@H]1C[C@@H]1[C@H]1C[C@H]1[C@@H]1C[C@H]1CO. The summed E-state index contributed by atoms with van der Waals surface area (Å²) in [5.74, 6) is 14.2. The monoisotopic (exact) mass is 342 g/mol. The van der Waals surface area contributed by atoms with Crippen LogP contribution in [-0.4, -0.2) is 23.4 Å². The van der Waals surface area contributed by atoms with Gasteiger partial charge >= 0.3 is 0 Å². The molecule has 0 radical (unpaired) electrons. The second kappa shape index (κ2) is 4.85. The number of hydrogen-bond donors (Lipinski definition) is 2. The molecule has 14 atom stereocenters. The Morgan fingerprint density at radius 2 is 0.600 bits per heavy atom. The molecule has 0 aromatic heterocycles. The van der Waals surface area contributed by atoms with Crippen molar-refractivity contribution in [2.75, 3.05) is 13.2 Å². The molecule has 0 aliphatic heterocycles. The minimum Gasteiger partial charge on any atom is -0.396 e. The van der Waals surface area contributed by atoms with Crippen molar-refractivity contribution < 1.29 is 10.2 Å². The van der Waals surface area contributed by atoms with Gasteiger partial charge in [0.2, 0.25) is 0 Å². The first kappa shape index (κ1) is 14.9. The van der Waals surface area contributed by atoms with E-state index in [1.165, 1.54) is 25.7 Å². The Bertz CT molecular complexity index is 539. The third-order valence-electron chi connectivity index (χ3n) is 10.2. The Hall–Kier alpha value is -0.0800. The largest absolute Gasteiger partial charge is 0.396 e. The molecule has 0 spiro atoms. The van der Waals surface area contributed by atoms with E-state index < -0.39 is 0 Å². The molecular formula is C23H34O2. The van der Waals surface area contributed by atoms with Gasteiger partial charge in [0, 0.05) is 13.2 Å². The van der Waals surface area contributed by atoms with Gasteiger partial charge in [0.15, 0.2) is 0 Å². The Balaban J connectivity index is 0.877. The molecule has 7 aliphatic rings. The van der Waals surface area contributed by atoms with Crippen molar-refractivity contribution in [3.63, 3.8) is 0 Å². The number of aliphatic hydroxyl groups is 2. The highest BCUT2D eigenvalue weighted by atomic mass is 16.3. The lowest BCUT2D eigenvalue weighted by molar-refractivity contribution is 0.264. The highest BCUT2D eigenvalue weighted by Crippen LogP contribution is 2.75. The average molecular weight is 343 g/mol. The Kier molecular flexibility index (Phi) is 2.89. The molecule has 2 N–H and O–H groups in total. The maximum Gasteiger partial charge on any atom is 0.0462 e. The van der Waals surface area contributed by atoms with Crippen LogP contribution < -0.4 is 0 Å². The quantitative estimate of drug-likeness (QED) is 0.709. The third-order valence-corrected chi connectivity index (χ3v) is 10.2. The molecule has 2 nitrogen and oxygen atoms in total. The van der Waals surface area contributed by atoms with Gasteiger partial charge in [0.1, 0.15) is 0 Å². The van der Waals surface area contributed by atoms with Crippen LogP contribution in [0.15, 0.2) is 0 Å². The molecule has 25 heavy (non-hydrogen) atoms. The maximum atomic E-state index is 9.29. The minimum atomic E-state index is 0.456. The van der Waals surface area contributed by atoms with Crippen molar-refractivity contribution in [3.05, 3.63) is 0 Å². The Morgan fingerprint density at radius 1 is 0.360 bits per heavy atom. The van der Waals surface area contributed by atoms with E-state index in [2.05, 4.69) is 0 Å². The van der Waals surface area contributed by atoms with Gasteiger partial charge in [-0.25, -0.2) is 0 Å². The summed E-state index contributed by atoms with van der Waals surface area (Å²) < 4.78 is 0. The van der Waals surface area contributed by atoms with Gasteiger partial charge in [-0.15, -0.1) is 0 Å². The van der Waals surface area contributed by atoms with Gasteiger partial charge in [-0.1, -0.05) is 0 Å². The zero-order valence-corrected chi connectivity index (χ0v) is 15.3. The summed E-state index contributed by atoms with van der Waals surface area (Å²) in [5, 5.41) is 18.6. The topological polar surface area (TPSA) is 40.5 Å². The fraction of sp³-hybridized carbons (Fsp3) is 1.00. The first-order valence-corrected chi connectivity index (χ1v) is 11.5. The van der Waals surface area contributed by atoms with E-state index in [-0.39, 0.29) is 0 Å². The molecule has 0 saturated heterocycles. The van der Waals surface area contributed by atoms with Gasteiger partial charge < -0.3 is 10.2 Å². The average Bonchev–Trinajstić information content (AvgIpc) is 3.47. The molecule has 138 valence electrons. The van der Waals surface area contributed by atoms with Crippen LogP contribution in [0.4, 0.5) is 0 Å². The molecule has 2 heteroatoms. The van der Waals surface area contributed by atoms with E-state index in [4.69, 9.17) is 0 Å². The standard InChI is InChI=1S/C23H34O2/c24-8-10-1-12(10)14-3-16(14)18-5-20(18)22-7-23(22)21-6-19(21)17-4-15(17)13-2-11(13)9-25/h10-25H,1-9H2/t10-,11-,12+,13+,14-,15-,16-,17-,18+,19+,20-,21-,22+,23+/m0/s1. The van der Waals surface area contributed by atoms with Crippen LogP contribution in [-0.2, 0) is 0 Å². The van der Waals surface area contributed by atoms with Crippen LogP contribution in [0.2, 0.25) is 0 Å². The molecule has 0 heterocycles. The van der Waals surface area contributed by atoms with Crippen molar-refractivity contribution in [1.29, 1.82) is 0 Å². The van der Waals surface area contributed by atoms with Crippen LogP contribution in [0.1, 0.15) is 44.9 Å². The zero-order valence-electron chi connectivity index (χ0n) is 15.3. The van der Waals surface area contributed by atoms with Crippen molar-refractivity contribution in [2.45, 2.75) is 44.9 Å². The summed E-state index contributed by atoms with van der Waals surface area (Å²) in [6.07, 6.45) is 10.4. The van der Waals surface area contributed by atoms with Gasteiger partial charge in [0.05, 0.1) is 0 Å². The van der Waals surface area contributed by atoms with Crippen LogP contribution in [0.25, 0.3) is 0 Å². The number of aliphatic hydroxyl groups excluding tert-OH is 2. The van der Waals surface area contributed by atoms with Crippen molar-refractivity contribution in [2.24, 2.45) is 82.9 Å². The fourth-order valence-corrected chi connectivity index (χ4v) is 8.11. The predicted octanol–water partition coefficient (Wildman–Crippen LogP) is 3.42. The molecule has 0 amide bonds. The van der Waals surface area contributed by atoms with Crippen LogP contribution in [0, 0.1) is 82.9 Å².